The van der Waals surface area contributed by atoms with Gasteiger partial charge in [0, 0.05) is 6.92 Å². The molecule has 14 heavy (non-hydrogen) atoms. The van der Waals surface area contributed by atoms with Crippen molar-refractivity contribution in [3.63, 3.8) is 0 Å². The van der Waals surface area contributed by atoms with Gasteiger partial charge in [0.05, 0.1) is 26.4 Å². The molecule has 0 aliphatic heterocycles. The van der Waals surface area contributed by atoms with Crippen molar-refractivity contribution in [1.29, 1.82) is 0 Å². The largest absolute Gasteiger partial charge is 0.396 e. The van der Waals surface area contributed by atoms with E-state index < -0.39 is 0 Å². The van der Waals surface area contributed by atoms with Gasteiger partial charge < -0.3 is 11.1 Å². The summed E-state index contributed by atoms with van der Waals surface area (Å²) in [5, 5.41) is 3.16. The monoisotopic (exact) mass is 252 g/mol. The molecule has 0 saturated carbocycles. The average molecular weight is 254 g/mol. The maximum absolute atomic E-state index is 10.8. The Morgan fingerprint density at radius 3 is 2.43 bits per heavy atom. The Bertz CT molecular complexity index is 393. The fraction of sp³-hybridized carbons (Fsp3) is 0.125. The van der Waals surface area contributed by atoms with E-state index in [0.717, 1.165) is 0 Å². The Morgan fingerprint density at radius 2 is 1.93 bits per heavy atom. The van der Waals surface area contributed by atoms with Crippen LogP contribution in [0.5, 0.6) is 0 Å². The lowest BCUT2D eigenvalue weighted by atomic mass is 10.2. The second-order valence-electron chi connectivity index (χ2n) is 2.62. The van der Waals surface area contributed by atoms with Gasteiger partial charge in [0.1, 0.15) is 0 Å². The SMILES string of the molecule is CC(=O)Nc1c(Cl)cc(Cl)c(Cl)c1N. The summed E-state index contributed by atoms with van der Waals surface area (Å²) < 4.78 is 0. The quantitative estimate of drug-likeness (QED) is 0.596. The van der Waals surface area contributed by atoms with Gasteiger partial charge in [0.15, 0.2) is 0 Å². The third kappa shape index (κ3) is 2.23. The van der Waals surface area contributed by atoms with Crippen LogP contribution >= 0.6 is 34.8 Å². The van der Waals surface area contributed by atoms with Crippen LogP contribution in [0, 0.1) is 0 Å². The smallest absolute Gasteiger partial charge is 0.221 e. The van der Waals surface area contributed by atoms with Crippen molar-refractivity contribution in [2.45, 2.75) is 6.92 Å². The van der Waals surface area contributed by atoms with Crippen molar-refractivity contribution < 1.29 is 4.79 Å². The lowest BCUT2D eigenvalue weighted by Gasteiger charge is -2.10. The molecule has 0 spiro atoms. The van der Waals surface area contributed by atoms with E-state index >= 15 is 0 Å². The van der Waals surface area contributed by atoms with Crippen LogP contribution in [0.4, 0.5) is 11.4 Å². The zero-order valence-corrected chi connectivity index (χ0v) is 9.46. The maximum Gasteiger partial charge on any atom is 0.221 e. The molecule has 1 amide bonds. The number of hydrogen-bond donors (Lipinski definition) is 2. The fourth-order valence-electron chi connectivity index (χ4n) is 0.917. The standard InChI is InChI=1S/C8H7Cl3N2O/c1-3(14)13-8-5(10)2-4(9)6(11)7(8)12/h2H,12H2,1H3,(H,13,14). The molecule has 76 valence electrons. The van der Waals surface area contributed by atoms with Crippen molar-refractivity contribution >= 4 is 52.1 Å². The van der Waals surface area contributed by atoms with Crippen molar-refractivity contribution in [1.82, 2.24) is 0 Å². The molecule has 0 aliphatic carbocycles. The summed E-state index contributed by atoms with van der Waals surface area (Å²) in [6.07, 6.45) is 0. The molecule has 0 saturated heterocycles. The minimum absolute atomic E-state index is 0.166. The third-order valence-electron chi connectivity index (χ3n) is 1.51. The van der Waals surface area contributed by atoms with E-state index in [4.69, 9.17) is 40.5 Å². The van der Waals surface area contributed by atoms with Gasteiger partial charge in [-0.15, -0.1) is 0 Å². The van der Waals surface area contributed by atoms with Crippen molar-refractivity contribution in [3.8, 4) is 0 Å². The van der Waals surface area contributed by atoms with Crippen LogP contribution in [-0.2, 0) is 4.79 Å². The molecule has 0 aromatic heterocycles. The van der Waals surface area contributed by atoms with Crippen LogP contribution in [0.15, 0.2) is 6.07 Å². The molecule has 0 unspecified atom stereocenters. The molecule has 1 aromatic carbocycles. The van der Waals surface area contributed by atoms with E-state index in [1.54, 1.807) is 0 Å². The number of carbonyl (C=O) groups excluding carboxylic acids is 1. The van der Waals surface area contributed by atoms with Gasteiger partial charge in [0.2, 0.25) is 5.91 Å². The second-order valence-corrected chi connectivity index (χ2v) is 3.82. The molecule has 0 bridgehead atoms. The van der Waals surface area contributed by atoms with Gasteiger partial charge in [-0.05, 0) is 6.07 Å². The number of benzene rings is 1. The Kier molecular flexibility index (Phi) is 3.48. The first-order chi connectivity index (χ1) is 6.43. The van der Waals surface area contributed by atoms with E-state index in [-0.39, 0.29) is 32.3 Å². The molecule has 6 heteroatoms. The summed E-state index contributed by atoms with van der Waals surface area (Å²) in [4.78, 5) is 10.8. The molecule has 0 fully saturated rings. The minimum atomic E-state index is -0.281. The highest BCUT2D eigenvalue weighted by Crippen LogP contribution is 2.39. The number of nitrogens with two attached hydrogens (primary N) is 1. The van der Waals surface area contributed by atoms with Crippen molar-refractivity contribution in [2.24, 2.45) is 0 Å². The van der Waals surface area contributed by atoms with E-state index in [0.29, 0.717) is 0 Å². The zero-order valence-electron chi connectivity index (χ0n) is 7.20. The Balaban J connectivity index is 3.29. The third-order valence-corrected chi connectivity index (χ3v) is 2.61. The number of carbonyl (C=O) groups is 1. The van der Waals surface area contributed by atoms with E-state index in [9.17, 15) is 4.79 Å². The molecular weight excluding hydrogens is 246 g/mol. The zero-order chi connectivity index (χ0) is 10.9. The lowest BCUT2D eigenvalue weighted by Crippen LogP contribution is -2.09. The second kappa shape index (κ2) is 4.26. The number of nitrogen functional groups attached to an aromatic ring is 1. The van der Waals surface area contributed by atoms with E-state index in [1.165, 1.54) is 13.0 Å². The Labute approximate surface area is 96.1 Å². The van der Waals surface area contributed by atoms with E-state index in [2.05, 4.69) is 5.32 Å². The highest BCUT2D eigenvalue weighted by Gasteiger charge is 2.13. The highest BCUT2D eigenvalue weighted by atomic mass is 35.5. The van der Waals surface area contributed by atoms with Gasteiger partial charge in [0.25, 0.3) is 0 Å². The van der Waals surface area contributed by atoms with Crippen LogP contribution in [-0.4, -0.2) is 5.91 Å². The van der Waals surface area contributed by atoms with Crippen LogP contribution in [0.3, 0.4) is 0 Å². The summed E-state index contributed by atoms with van der Waals surface area (Å²) in [7, 11) is 0. The molecule has 0 heterocycles. The fourth-order valence-corrected chi connectivity index (χ4v) is 1.59. The van der Waals surface area contributed by atoms with Gasteiger partial charge in [-0.3, -0.25) is 4.79 Å². The molecule has 1 rings (SSSR count). The lowest BCUT2D eigenvalue weighted by molar-refractivity contribution is -0.114. The van der Waals surface area contributed by atoms with Crippen LogP contribution in [0.25, 0.3) is 0 Å². The topological polar surface area (TPSA) is 55.1 Å². The molecule has 0 aliphatic rings. The van der Waals surface area contributed by atoms with Gasteiger partial charge in [-0.25, -0.2) is 0 Å². The van der Waals surface area contributed by atoms with Gasteiger partial charge in [-0.1, -0.05) is 34.8 Å². The Morgan fingerprint density at radius 1 is 1.36 bits per heavy atom. The molecule has 0 radical (unpaired) electrons. The van der Waals surface area contributed by atoms with Gasteiger partial charge in [-0.2, -0.15) is 0 Å². The molecular formula is C8H7Cl3N2O. The summed E-state index contributed by atoms with van der Waals surface area (Å²) in [6.45, 7) is 1.35. The molecule has 3 nitrogen and oxygen atoms in total. The van der Waals surface area contributed by atoms with Crippen LogP contribution < -0.4 is 11.1 Å². The Hall–Kier alpha value is -0.640. The first-order valence-electron chi connectivity index (χ1n) is 3.64. The number of nitrogens with one attached hydrogen (secondary N) is 1. The van der Waals surface area contributed by atoms with Crippen molar-refractivity contribution in [2.75, 3.05) is 11.1 Å². The summed E-state index contributed by atoms with van der Waals surface area (Å²) >= 11 is 17.3. The minimum Gasteiger partial charge on any atom is -0.396 e. The molecule has 1 aromatic rings. The molecule has 3 N–H and O–H groups in total. The summed E-state index contributed by atoms with van der Waals surface area (Å²) in [5.41, 5.74) is 6.07. The van der Waals surface area contributed by atoms with Gasteiger partial charge >= 0.3 is 0 Å². The number of halogens is 3. The summed E-state index contributed by atoms with van der Waals surface area (Å²) in [5.74, 6) is -0.281. The first-order valence-corrected chi connectivity index (χ1v) is 4.77. The predicted molar refractivity (Wildman–Crippen MR) is 60.2 cm³/mol. The van der Waals surface area contributed by atoms with Crippen LogP contribution in [0.2, 0.25) is 15.1 Å². The van der Waals surface area contributed by atoms with Crippen LogP contribution in [0.1, 0.15) is 6.92 Å². The van der Waals surface area contributed by atoms with Crippen molar-refractivity contribution in [3.05, 3.63) is 21.1 Å². The number of amides is 1. The number of rotatable bonds is 1. The predicted octanol–water partition coefficient (Wildman–Crippen LogP) is 3.19. The highest BCUT2D eigenvalue weighted by molar-refractivity contribution is 6.46. The average Bonchev–Trinajstić information content (AvgIpc) is 2.09. The maximum atomic E-state index is 10.8. The summed E-state index contributed by atoms with van der Waals surface area (Å²) in [6, 6.07) is 1.42. The molecule has 0 atom stereocenters. The first kappa shape index (κ1) is 11.4. The number of anilines is 2. The van der Waals surface area contributed by atoms with E-state index in [1.807, 2.05) is 0 Å². The number of hydrogen-bond acceptors (Lipinski definition) is 2. The normalized spacial score (nSPS) is 10.0.